The van der Waals surface area contributed by atoms with Crippen molar-refractivity contribution < 1.29 is 14.7 Å². The van der Waals surface area contributed by atoms with Crippen LogP contribution in [0.2, 0.25) is 0 Å². The summed E-state index contributed by atoms with van der Waals surface area (Å²) in [5.74, 6) is -0.770. The number of rotatable bonds is 7. The van der Waals surface area contributed by atoms with Crippen molar-refractivity contribution in [3.63, 3.8) is 0 Å². The minimum Gasteiger partial charge on any atom is -0.481 e. The number of nitrogens with zero attached hydrogens (tertiary/aromatic N) is 2. The minimum absolute atomic E-state index is 0.0124. The van der Waals surface area contributed by atoms with E-state index >= 15 is 0 Å². The van der Waals surface area contributed by atoms with E-state index in [9.17, 15) is 9.59 Å². The minimum atomic E-state index is -0.770. The highest BCUT2D eigenvalue weighted by Gasteiger charge is 2.29. The van der Waals surface area contributed by atoms with Crippen molar-refractivity contribution >= 4 is 12.0 Å². The Bertz CT molecular complexity index is 340. The van der Waals surface area contributed by atoms with E-state index in [1.54, 1.807) is 0 Å². The summed E-state index contributed by atoms with van der Waals surface area (Å²) >= 11 is 0. The van der Waals surface area contributed by atoms with E-state index in [0.29, 0.717) is 19.6 Å². The summed E-state index contributed by atoms with van der Waals surface area (Å²) in [4.78, 5) is 26.9. The van der Waals surface area contributed by atoms with Gasteiger partial charge in [-0.25, -0.2) is 4.79 Å². The fraction of sp³-hybridized carbons (Fsp3) is 0.867. The lowest BCUT2D eigenvalue weighted by Crippen LogP contribution is -2.57. The van der Waals surface area contributed by atoms with Crippen LogP contribution in [0.3, 0.4) is 0 Å². The summed E-state index contributed by atoms with van der Waals surface area (Å²) < 4.78 is 0. The van der Waals surface area contributed by atoms with Gasteiger partial charge in [-0.3, -0.25) is 9.69 Å². The van der Waals surface area contributed by atoms with Crippen LogP contribution in [0.15, 0.2) is 0 Å². The molecule has 21 heavy (non-hydrogen) atoms. The largest absolute Gasteiger partial charge is 0.481 e. The fourth-order valence-electron chi connectivity index (χ4n) is 2.75. The molecule has 122 valence electrons. The molecule has 2 amide bonds. The molecule has 0 aromatic carbocycles. The van der Waals surface area contributed by atoms with Crippen LogP contribution >= 0.6 is 0 Å². The molecule has 0 spiro atoms. The standard InChI is InChI=1S/C15H29N3O3/c1-4-15(5-2,6-3)16-14(21)18-11-9-17(10-12-18)8-7-13(19)20/h4-12H2,1-3H3,(H,16,21)(H,19,20). The van der Waals surface area contributed by atoms with Crippen LogP contribution in [-0.4, -0.2) is 65.2 Å². The fourth-order valence-corrected chi connectivity index (χ4v) is 2.75. The van der Waals surface area contributed by atoms with Gasteiger partial charge in [-0.2, -0.15) is 0 Å². The van der Waals surface area contributed by atoms with Crippen molar-refractivity contribution in [1.29, 1.82) is 0 Å². The number of carboxylic acids is 1. The molecule has 2 N–H and O–H groups in total. The first kappa shape index (κ1) is 17.8. The maximum Gasteiger partial charge on any atom is 0.317 e. The Labute approximate surface area is 127 Å². The highest BCUT2D eigenvalue weighted by molar-refractivity contribution is 5.75. The predicted octanol–water partition coefficient (Wildman–Crippen LogP) is 1.76. The summed E-state index contributed by atoms with van der Waals surface area (Å²) in [6.07, 6.45) is 2.97. The Morgan fingerprint density at radius 3 is 2.00 bits per heavy atom. The van der Waals surface area contributed by atoms with Crippen LogP contribution in [0.5, 0.6) is 0 Å². The Morgan fingerprint density at radius 2 is 1.57 bits per heavy atom. The van der Waals surface area contributed by atoms with E-state index in [2.05, 4.69) is 31.0 Å². The lowest BCUT2D eigenvalue weighted by atomic mass is 9.90. The molecule has 1 fully saturated rings. The summed E-state index contributed by atoms with van der Waals surface area (Å²) in [6.45, 7) is 9.71. The van der Waals surface area contributed by atoms with E-state index in [1.165, 1.54) is 0 Å². The van der Waals surface area contributed by atoms with Crippen LogP contribution in [0.25, 0.3) is 0 Å². The van der Waals surface area contributed by atoms with Crippen molar-refractivity contribution in [2.24, 2.45) is 0 Å². The molecule has 1 aliphatic heterocycles. The van der Waals surface area contributed by atoms with E-state index < -0.39 is 5.97 Å². The second kappa shape index (κ2) is 8.22. The average molecular weight is 299 g/mol. The normalized spacial score (nSPS) is 16.8. The zero-order valence-electron chi connectivity index (χ0n) is 13.5. The maximum atomic E-state index is 12.4. The van der Waals surface area contributed by atoms with E-state index in [-0.39, 0.29) is 18.0 Å². The van der Waals surface area contributed by atoms with E-state index in [4.69, 9.17) is 5.11 Å². The van der Waals surface area contributed by atoms with Crippen LogP contribution in [0.4, 0.5) is 4.79 Å². The van der Waals surface area contributed by atoms with Crippen molar-refractivity contribution in [2.45, 2.75) is 52.0 Å². The van der Waals surface area contributed by atoms with Crippen molar-refractivity contribution in [2.75, 3.05) is 32.7 Å². The monoisotopic (exact) mass is 299 g/mol. The number of urea groups is 1. The van der Waals surface area contributed by atoms with Crippen LogP contribution in [-0.2, 0) is 4.79 Å². The number of amides is 2. The Hall–Kier alpha value is -1.30. The van der Waals surface area contributed by atoms with Gasteiger partial charge in [0.2, 0.25) is 0 Å². The van der Waals surface area contributed by atoms with Crippen molar-refractivity contribution in [1.82, 2.24) is 15.1 Å². The SMILES string of the molecule is CCC(CC)(CC)NC(=O)N1CCN(CCC(=O)O)CC1. The van der Waals surface area contributed by atoms with Gasteiger partial charge < -0.3 is 15.3 Å². The van der Waals surface area contributed by atoms with Crippen LogP contribution < -0.4 is 5.32 Å². The first-order valence-electron chi connectivity index (χ1n) is 7.97. The van der Waals surface area contributed by atoms with Gasteiger partial charge in [-0.1, -0.05) is 20.8 Å². The van der Waals surface area contributed by atoms with E-state index in [0.717, 1.165) is 32.4 Å². The van der Waals surface area contributed by atoms with Gasteiger partial charge in [0.1, 0.15) is 0 Å². The quantitative estimate of drug-likeness (QED) is 0.751. The second-order valence-corrected chi connectivity index (χ2v) is 5.74. The molecule has 0 bridgehead atoms. The lowest BCUT2D eigenvalue weighted by molar-refractivity contribution is -0.137. The summed E-state index contributed by atoms with van der Waals surface area (Å²) in [6, 6.07) is 0.0124. The second-order valence-electron chi connectivity index (χ2n) is 5.74. The number of aliphatic carboxylic acids is 1. The molecule has 1 aliphatic rings. The Kier molecular flexibility index (Phi) is 6.95. The molecular formula is C15H29N3O3. The molecule has 1 rings (SSSR count). The zero-order chi connectivity index (χ0) is 15.9. The van der Waals surface area contributed by atoms with Gasteiger partial charge in [0.15, 0.2) is 0 Å². The molecule has 0 radical (unpaired) electrons. The molecule has 0 atom stereocenters. The van der Waals surface area contributed by atoms with Gasteiger partial charge in [-0.05, 0) is 19.3 Å². The molecule has 6 heteroatoms. The number of carboxylic acid groups (broad SMARTS) is 1. The molecule has 1 heterocycles. The molecular weight excluding hydrogens is 270 g/mol. The van der Waals surface area contributed by atoms with Crippen LogP contribution in [0.1, 0.15) is 46.5 Å². The molecule has 1 saturated heterocycles. The number of carbonyl (C=O) groups excluding carboxylic acids is 1. The average Bonchev–Trinajstić information content (AvgIpc) is 2.51. The molecule has 0 unspecified atom stereocenters. The number of carbonyl (C=O) groups is 2. The third kappa shape index (κ3) is 5.19. The highest BCUT2D eigenvalue weighted by Crippen LogP contribution is 2.19. The molecule has 0 aromatic heterocycles. The summed E-state index contributed by atoms with van der Waals surface area (Å²) in [5.41, 5.74) is -0.0997. The molecule has 0 aromatic rings. The molecule has 6 nitrogen and oxygen atoms in total. The van der Waals surface area contributed by atoms with Gasteiger partial charge in [0.05, 0.1) is 6.42 Å². The third-order valence-corrected chi connectivity index (χ3v) is 4.70. The number of hydrogen-bond acceptors (Lipinski definition) is 3. The van der Waals surface area contributed by atoms with Gasteiger partial charge in [0.25, 0.3) is 0 Å². The lowest BCUT2D eigenvalue weighted by Gasteiger charge is -2.38. The Morgan fingerprint density at radius 1 is 1.05 bits per heavy atom. The highest BCUT2D eigenvalue weighted by atomic mass is 16.4. The topological polar surface area (TPSA) is 72.9 Å². The van der Waals surface area contributed by atoms with Crippen molar-refractivity contribution in [3.8, 4) is 0 Å². The third-order valence-electron chi connectivity index (χ3n) is 4.70. The Balaban J connectivity index is 2.43. The van der Waals surface area contributed by atoms with Gasteiger partial charge >= 0.3 is 12.0 Å². The number of piperazine rings is 1. The van der Waals surface area contributed by atoms with Crippen LogP contribution in [0, 0.1) is 0 Å². The molecule has 0 aliphatic carbocycles. The predicted molar refractivity (Wildman–Crippen MR) is 82.4 cm³/mol. The first-order chi connectivity index (χ1) is 9.96. The maximum absolute atomic E-state index is 12.4. The molecule has 0 saturated carbocycles. The van der Waals surface area contributed by atoms with Crippen molar-refractivity contribution in [3.05, 3.63) is 0 Å². The van der Waals surface area contributed by atoms with Gasteiger partial charge in [0, 0.05) is 38.3 Å². The first-order valence-corrected chi connectivity index (χ1v) is 7.97. The smallest absolute Gasteiger partial charge is 0.317 e. The zero-order valence-corrected chi connectivity index (χ0v) is 13.5. The number of nitrogens with one attached hydrogen (secondary N) is 1. The van der Waals surface area contributed by atoms with E-state index in [1.807, 2.05) is 4.90 Å². The summed E-state index contributed by atoms with van der Waals surface area (Å²) in [7, 11) is 0. The summed E-state index contributed by atoms with van der Waals surface area (Å²) in [5, 5.41) is 11.9. The van der Waals surface area contributed by atoms with Gasteiger partial charge in [-0.15, -0.1) is 0 Å². The number of hydrogen-bond donors (Lipinski definition) is 2.